The number of hydrogen-bond acceptors (Lipinski definition) is 2. The van der Waals surface area contributed by atoms with Crippen molar-refractivity contribution in [3.05, 3.63) is 196 Å². The van der Waals surface area contributed by atoms with Crippen molar-refractivity contribution >= 4 is 75.5 Å². The Bertz CT molecular complexity index is 3470. The van der Waals surface area contributed by atoms with Gasteiger partial charge >= 0.3 is 0 Å². The van der Waals surface area contributed by atoms with Gasteiger partial charge < -0.3 is 10.2 Å². The van der Waals surface area contributed by atoms with Crippen LogP contribution in [0.25, 0.3) is 22.3 Å². The second kappa shape index (κ2) is 13.9. The molecule has 2 aliphatic carbocycles. The van der Waals surface area contributed by atoms with Crippen LogP contribution in [0.2, 0.25) is 0 Å². The maximum Gasteiger partial charge on any atom is 0.197 e. The molecule has 3 aliphatic heterocycles. The van der Waals surface area contributed by atoms with Crippen molar-refractivity contribution in [2.45, 2.75) is 104 Å². The van der Waals surface area contributed by atoms with Crippen molar-refractivity contribution in [3.63, 3.8) is 0 Å². The molecular weight excluding hydrogens is 836 g/mol. The standard InChI is InChI=1S/C64H60BN2Si/c1-38-32-43(42-22-19-29-58-60(42)66-51-25-15-18-28-57(51)68(58)55-26-16-11-20-40(55)41-21-12-17-27-56(41)68)59-54(33-38)67(52-36-47-46(34-39(52)2)61(3,4)30-31-62(47,5)6)53-37-49-48(35-50(53)65-59)63(7,8)44-23-13-14-24-45(44)64(49,9)10/h11-29,32-37,66H,30-31H2,1-10H3. The lowest BCUT2D eigenvalue weighted by Gasteiger charge is -2.46. The van der Waals surface area contributed by atoms with E-state index in [4.69, 9.17) is 0 Å². The first-order chi connectivity index (χ1) is 32.5. The number of benzene rings is 8. The number of hydrogen-bond donors (Lipinski definition) is 1. The first-order valence-corrected chi connectivity index (χ1v) is 27.0. The van der Waals surface area contributed by atoms with Gasteiger partial charge in [-0.3, -0.25) is 0 Å². The number of anilines is 5. The largest absolute Gasteiger partial charge is 0.355 e. The van der Waals surface area contributed by atoms with Crippen molar-refractivity contribution in [2.75, 3.05) is 10.2 Å². The number of fused-ring (bicyclic) bond motifs is 14. The summed E-state index contributed by atoms with van der Waals surface area (Å²) in [4.78, 5) is 2.68. The minimum absolute atomic E-state index is 0.0621. The summed E-state index contributed by atoms with van der Waals surface area (Å²) in [6.45, 7) is 24.2. The maximum absolute atomic E-state index is 4.15. The molecule has 8 aromatic carbocycles. The van der Waals surface area contributed by atoms with E-state index in [0.29, 0.717) is 0 Å². The van der Waals surface area contributed by atoms with E-state index in [9.17, 15) is 0 Å². The van der Waals surface area contributed by atoms with Gasteiger partial charge in [0, 0.05) is 44.8 Å². The lowest BCUT2D eigenvalue weighted by Crippen LogP contribution is -2.74. The molecule has 3 heterocycles. The molecule has 8 aromatic rings. The maximum atomic E-state index is 4.15. The number of nitrogens with one attached hydrogen (secondary N) is 1. The summed E-state index contributed by atoms with van der Waals surface area (Å²) < 4.78 is 0. The fourth-order valence-corrected chi connectivity index (χ4v) is 19.4. The molecule has 13 rings (SSSR count). The number of para-hydroxylation sites is 2. The SMILES string of the molecule is Cc1cc(-c2cccc3c2Nc2ccccc2[Si]32c3ccccc3-c3ccccc32)c2c(c1)N(c1cc3c(cc1C)C(C)(C)CCC3(C)C)c1cc3c(cc1[B]2)C(C)(C)c1ccccc1C3(C)C. The zero-order valence-corrected chi connectivity index (χ0v) is 42.4. The molecule has 1 N–H and O–H groups in total. The molecule has 0 amide bonds. The topological polar surface area (TPSA) is 15.3 Å². The molecule has 1 radical (unpaired) electrons. The Morgan fingerprint density at radius 2 is 0.985 bits per heavy atom. The fraction of sp³-hybridized carbons (Fsp3) is 0.250. The molecule has 0 aromatic heterocycles. The van der Waals surface area contributed by atoms with E-state index in [2.05, 4.69) is 238 Å². The molecule has 2 nitrogen and oxygen atoms in total. The van der Waals surface area contributed by atoms with Gasteiger partial charge in [-0.05, 0) is 149 Å². The quantitative estimate of drug-likeness (QED) is 0.174. The van der Waals surface area contributed by atoms with Crippen molar-refractivity contribution in [3.8, 4) is 22.3 Å². The Hall–Kier alpha value is -6.36. The predicted octanol–water partition coefficient (Wildman–Crippen LogP) is 12.1. The van der Waals surface area contributed by atoms with Crippen LogP contribution in [-0.4, -0.2) is 15.4 Å². The third-order valence-electron chi connectivity index (χ3n) is 17.6. The molecule has 1 spiro atoms. The minimum atomic E-state index is -2.74. The molecule has 5 aliphatic rings. The van der Waals surface area contributed by atoms with Gasteiger partial charge in [-0.25, -0.2) is 0 Å². The summed E-state index contributed by atoms with van der Waals surface area (Å²) in [5.74, 6) is 0. The van der Waals surface area contributed by atoms with Crippen molar-refractivity contribution in [1.29, 1.82) is 0 Å². The summed E-state index contributed by atoms with van der Waals surface area (Å²) in [5.41, 5.74) is 25.1. The molecule has 333 valence electrons. The number of rotatable bonds is 2. The first kappa shape index (κ1) is 41.8. The third-order valence-corrected chi connectivity index (χ3v) is 22.5. The average Bonchev–Trinajstić information content (AvgIpc) is 3.62. The normalized spacial score (nSPS) is 18.2. The van der Waals surface area contributed by atoms with Crippen LogP contribution in [-0.2, 0) is 21.7 Å². The molecule has 0 saturated carbocycles. The van der Waals surface area contributed by atoms with Gasteiger partial charge in [-0.1, -0.05) is 188 Å². The zero-order valence-electron chi connectivity index (χ0n) is 41.4. The van der Waals surface area contributed by atoms with E-state index in [1.807, 2.05) is 0 Å². The lowest BCUT2D eigenvalue weighted by molar-refractivity contribution is 0.332. The van der Waals surface area contributed by atoms with E-state index in [1.165, 1.54) is 140 Å². The summed E-state index contributed by atoms with van der Waals surface area (Å²) in [6, 6.07) is 59.3. The second-order valence-corrected chi connectivity index (χ2v) is 26.8. The van der Waals surface area contributed by atoms with Crippen LogP contribution in [0.1, 0.15) is 113 Å². The van der Waals surface area contributed by atoms with E-state index >= 15 is 0 Å². The summed E-state index contributed by atoms with van der Waals surface area (Å²) in [6.07, 6.45) is 2.36. The highest BCUT2D eigenvalue weighted by Gasteiger charge is 2.53. The Kier molecular flexibility index (Phi) is 8.54. The minimum Gasteiger partial charge on any atom is -0.355 e. The van der Waals surface area contributed by atoms with E-state index < -0.39 is 8.07 Å². The molecule has 0 atom stereocenters. The Balaban J connectivity index is 1.10. The first-order valence-electron chi connectivity index (χ1n) is 25.0. The van der Waals surface area contributed by atoms with Crippen LogP contribution < -0.4 is 41.9 Å². The fourth-order valence-electron chi connectivity index (χ4n) is 13.9. The van der Waals surface area contributed by atoms with Crippen molar-refractivity contribution < 1.29 is 0 Å². The molecular formula is C64H60BN2Si. The number of nitrogens with zero attached hydrogens (tertiary/aromatic N) is 1. The highest BCUT2D eigenvalue weighted by atomic mass is 28.3. The Labute approximate surface area is 405 Å². The van der Waals surface area contributed by atoms with E-state index in [0.717, 1.165) is 0 Å². The highest BCUT2D eigenvalue weighted by molar-refractivity contribution is 7.23. The van der Waals surface area contributed by atoms with Crippen LogP contribution in [0.3, 0.4) is 0 Å². The van der Waals surface area contributed by atoms with E-state index in [-0.39, 0.29) is 21.7 Å². The third kappa shape index (κ3) is 5.41. The van der Waals surface area contributed by atoms with Gasteiger partial charge in [-0.15, -0.1) is 0 Å². The Morgan fingerprint density at radius 1 is 0.456 bits per heavy atom. The Morgan fingerprint density at radius 3 is 1.65 bits per heavy atom. The smallest absolute Gasteiger partial charge is 0.197 e. The van der Waals surface area contributed by atoms with Gasteiger partial charge in [0.2, 0.25) is 0 Å². The summed E-state index contributed by atoms with van der Waals surface area (Å²) in [7, 11) is -0.199. The molecule has 0 bridgehead atoms. The molecule has 0 saturated heterocycles. The van der Waals surface area contributed by atoms with Crippen LogP contribution in [0, 0.1) is 13.8 Å². The van der Waals surface area contributed by atoms with Crippen LogP contribution in [0.4, 0.5) is 28.4 Å². The van der Waals surface area contributed by atoms with Crippen LogP contribution in [0.15, 0.2) is 152 Å². The lowest BCUT2D eigenvalue weighted by atomic mass is 9.54. The average molecular weight is 896 g/mol. The molecule has 68 heavy (non-hydrogen) atoms. The van der Waals surface area contributed by atoms with Crippen LogP contribution in [0.5, 0.6) is 0 Å². The van der Waals surface area contributed by atoms with Gasteiger partial charge in [0.25, 0.3) is 0 Å². The molecule has 0 fully saturated rings. The molecule has 4 heteroatoms. The second-order valence-electron chi connectivity index (χ2n) is 23.2. The van der Waals surface area contributed by atoms with Gasteiger partial charge in [0.15, 0.2) is 15.4 Å². The predicted molar refractivity (Wildman–Crippen MR) is 293 cm³/mol. The highest BCUT2D eigenvalue weighted by Crippen LogP contribution is 2.54. The van der Waals surface area contributed by atoms with E-state index in [1.54, 1.807) is 0 Å². The van der Waals surface area contributed by atoms with Crippen LogP contribution >= 0.6 is 0 Å². The number of aryl methyl sites for hydroxylation is 2. The van der Waals surface area contributed by atoms with Gasteiger partial charge in [-0.2, -0.15) is 0 Å². The monoisotopic (exact) mass is 895 g/mol. The van der Waals surface area contributed by atoms with Gasteiger partial charge in [0.05, 0.1) is 0 Å². The summed E-state index contributed by atoms with van der Waals surface area (Å²) in [5, 5.41) is 9.98. The zero-order chi connectivity index (χ0) is 46.9. The molecule has 0 unspecified atom stereocenters. The van der Waals surface area contributed by atoms with Crippen molar-refractivity contribution in [2.24, 2.45) is 0 Å². The van der Waals surface area contributed by atoms with Crippen molar-refractivity contribution in [1.82, 2.24) is 0 Å². The summed E-state index contributed by atoms with van der Waals surface area (Å²) >= 11 is 0. The van der Waals surface area contributed by atoms with Gasteiger partial charge in [0.1, 0.15) is 0 Å².